The van der Waals surface area contributed by atoms with Crippen LogP contribution in [0, 0.1) is 18.3 Å². The number of benzene rings is 2. The predicted octanol–water partition coefficient (Wildman–Crippen LogP) is 2.89. The summed E-state index contributed by atoms with van der Waals surface area (Å²) in [6.07, 6.45) is 6.36. The number of carbonyl (C=O) groups is 1. The molecule has 0 radical (unpaired) electrons. The number of terminal acetylenes is 1. The Labute approximate surface area is 214 Å². The number of fused-ring (bicyclic) bond motifs is 1. The molecule has 0 saturated carbocycles. The highest BCUT2D eigenvalue weighted by Gasteiger charge is 2.32. The highest BCUT2D eigenvalue weighted by molar-refractivity contribution is 7.89. The number of carbonyl (C=O) groups excluding carboxylic acids is 1. The molecule has 0 atom stereocenters. The van der Waals surface area contributed by atoms with E-state index in [0.717, 1.165) is 4.70 Å². The lowest BCUT2D eigenvalue weighted by Gasteiger charge is -2.29. The number of thiazole rings is 1. The molecule has 190 valence electrons. The van der Waals surface area contributed by atoms with Crippen LogP contribution in [0.2, 0.25) is 0 Å². The summed E-state index contributed by atoms with van der Waals surface area (Å²) in [4.78, 5) is 18.2. The number of aromatic nitrogens is 1. The topological polar surface area (TPSA) is 99.4 Å². The SMILES string of the molecule is C#CCn1c(=NC(=O)C2CCN(S(=O)(=O)c3ccc(OC)cc3)CC2)sc2c(OC)ccc(OC)c21. The number of ether oxygens (including phenoxy) is 3. The Morgan fingerprint density at radius 3 is 2.28 bits per heavy atom. The van der Waals surface area contributed by atoms with Crippen molar-refractivity contribution in [1.82, 2.24) is 8.87 Å². The van der Waals surface area contributed by atoms with Gasteiger partial charge in [0.15, 0.2) is 4.80 Å². The molecule has 0 bridgehead atoms. The fourth-order valence-electron chi connectivity index (χ4n) is 4.20. The minimum atomic E-state index is -3.66. The first-order valence-corrected chi connectivity index (χ1v) is 13.5. The van der Waals surface area contributed by atoms with Crippen LogP contribution in [0.3, 0.4) is 0 Å². The van der Waals surface area contributed by atoms with Crippen LogP contribution in [-0.4, -0.2) is 57.6 Å². The van der Waals surface area contributed by atoms with Crippen LogP contribution < -0.4 is 19.0 Å². The summed E-state index contributed by atoms with van der Waals surface area (Å²) in [5.41, 5.74) is 0.715. The molecular formula is C25H27N3O6S2. The first-order chi connectivity index (χ1) is 17.3. The number of methoxy groups -OCH3 is 3. The lowest BCUT2D eigenvalue weighted by molar-refractivity contribution is -0.122. The van der Waals surface area contributed by atoms with Gasteiger partial charge < -0.3 is 18.8 Å². The van der Waals surface area contributed by atoms with Gasteiger partial charge in [-0.2, -0.15) is 9.30 Å². The van der Waals surface area contributed by atoms with Gasteiger partial charge in [0.05, 0.1) is 32.8 Å². The lowest BCUT2D eigenvalue weighted by atomic mass is 9.98. The maximum absolute atomic E-state index is 13.1. The van der Waals surface area contributed by atoms with Crippen LogP contribution in [0.5, 0.6) is 17.2 Å². The van der Waals surface area contributed by atoms with E-state index in [2.05, 4.69) is 10.9 Å². The van der Waals surface area contributed by atoms with Crippen LogP contribution in [0.25, 0.3) is 10.2 Å². The summed E-state index contributed by atoms with van der Waals surface area (Å²) in [7, 11) is 1.00. The number of sulfonamides is 1. The number of rotatable bonds is 7. The van der Waals surface area contributed by atoms with E-state index in [1.165, 1.54) is 34.9 Å². The monoisotopic (exact) mass is 529 g/mol. The molecule has 1 aliphatic rings. The Balaban J connectivity index is 1.58. The molecule has 1 fully saturated rings. The van der Waals surface area contributed by atoms with Crippen molar-refractivity contribution < 1.29 is 27.4 Å². The van der Waals surface area contributed by atoms with Gasteiger partial charge in [0.1, 0.15) is 27.5 Å². The van der Waals surface area contributed by atoms with Crippen molar-refractivity contribution in [3.8, 4) is 29.6 Å². The van der Waals surface area contributed by atoms with Crippen LogP contribution in [0.4, 0.5) is 0 Å². The Bertz CT molecular complexity index is 1470. The highest BCUT2D eigenvalue weighted by atomic mass is 32.2. The average Bonchev–Trinajstić information content (AvgIpc) is 3.26. The van der Waals surface area contributed by atoms with Crippen molar-refractivity contribution in [2.45, 2.75) is 24.3 Å². The number of hydrogen-bond donors (Lipinski definition) is 0. The smallest absolute Gasteiger partial charge is 0.251 e. The second kappa shape index (κ2) is 10.7. The second-order valence-electron chi connectivity index (χ2n) is 8.13. The average molecular weight is 530 g/mol. The van der Waals surface area contributed by atoms with Gasteiger partial charge in [0.25, 0.3) is 5.91 Å². The van der Waals surface area contributed by atoms with Gasteiger partial charge >= 0.3 is 0 Å². The zero-order chi connectivity index (χ0) is 25.9. The van der Waals surface area contributed by atoms with E-state index < -0.39 is 10.0 Å². The second-order valence-corrected chi connectivity index (χ2v) is 11.0. The molecule has 36 heavy (non-hydrogen) atoms. The van der Waals surface area contributed by atoms with Crippen LogP contribution in [0.15, 0.2) is 46.3 Å². The molecule has 1 saturated heterocycles. The largest absolute Gasteiger partial charge is 0.497 e. The molecule has 0 N–H and O–H groups in total. The third kappa shape index (κ3) is 4.84. The molecule has 0 spiro atoms. The molecule has 3 aromatic rings. The number of nitrogens with zero attached hydrogens (tertiary/aromatic N) is 3. The van der Waals surface area contributed by atoms with Crippen LogP contribution >= 0.6 is 11.3 Å². The Morgan fingerprint density at radius 2 is 1.69 bits per heavy atom. The minimum Gasteiger partial charge on any atom is -0.497 e. The van der Waals surface area contributed by atoms with Gasteiger partial charge in [-0.05, 0) is 49.2 Å². The summed E-state index contributed by atoms with van der Waals surface area (Å²) in [5, 5.41) is 0. The maximum atomic E-state index is 13.1. The summed E-state index contributed by atoms with van der Waals surface area (Å²) < 4.78 is 46.1. The molecule has 0 aliphatic carbocycles. The highest BCUT2D eigenvalue weighted by Crippen LogP contribution is 2.35. The van der Waals surface area contributed by atoms with Crippen molar-refractivity contribution in [2.24, 2.45) is 10.9 Å². The predicted molar refractivity (Wildman–Crippen MR) is 137 cm³/mol. The molecule has 11 heteroatoms. The fourth-order valence-corrected chi connectivity index (χ4v) is 6.82. The van der Waals surface area contributed by atoms with E-state index in [4.69, 9.17) is 20.6 Å². The molecule has 4 rings (SSSR count). The van der Waals surface area contributed by atoms with Crippen LogP contribution in [-0.2, 0) is 21.4 Å². The van der Waals surface area contributed by atoms with Gasteiger partial charge in [-0.1, -0.05) is 17.3 Å². The molecule has 2 heterocycles. The van der Waals surface area contributed by atoms with Gasteiger partial charge in [-0.3, -0.25) is 4.79 Å². The summed E-state index contributed by atoms with van der Waals surface area (Å²) in [6.45, 7) is 0.672. The zero-order valence-electron chi connectivity index (χ0n) is 20.3. The molecule has 9 nitrogen and oxygen atoms in total. The van der Waals surface area contributed by atoms with Gasteiger partial charge in [-0.15, -0.1) is 6.42 Å². The van der Waals surface area contributed by atoms with Crippen molar-refractivity contribution >= 4 is 37.5 Å². The molecule has 1 aliphatic heterocycles. The maximum Gasteiger partial charge on any atom is 0.251 e. The van der Waals surface area contributed by atoms with Gasteiger partial charge in [0, 0.05) is 19.0 Å². The third-order valence-corrected chi connectivity index (χ3v) is 9.15. The van der Waals surface area contributed by atoms with E-state index in [1.54, 1.807) is 43.1 Å². The zero-order valence-corrected chi connectivity index (χ0v) is 21.9. The van der Waals surface area contributed by atoms with Crippen molar-refractivity contribution in [3.63, 3.8) is 0 Å². The van der Waals surface area contributed by atoms with E-state index in [0.29, 0.717) is 40.4 Å². The lowest BCUT2D eigenvalue weighted by Crippen LogP contribution is -2.40. The Morgan fingerprint density at radius 1 is 1.06 bits per heavy atom. The Hall–Kier alpha value is -3.33. The first kappa shape index (κ1) is 25.8. The molecular weight excluding hydrogens is 502 g/mol. The third-order valence-electron chi connectivity index (χ3n) is 6.15. The summed E-state index contributed by atoms with van der Waals surface area (Å²) >= 11 is 1.30. The molecule has 2 aromatic carbocycles. The van der Waals surface area contributed by atoms with E-state index in [9.17, 15) is 13.2 Å². The first-order valence-electron chi connectivity index (χ1n) is 11.2. The molecule has 1 aromatic heterocycles. The Kier molecular flexibility index (Phi) is 7.68. The van der Waals surface area contributed by atoms with Crippen molar-refractivity contribution in [2.75, 3.05) is 34.4 Å². The van der Waals surface area contributed by atoms with Crippen molar-refractivity contribution in [1.29, 1.82) is 0 Å². The van der Waals surface area contributed by atoms with E-state index in [1.807, 2.05) is 0 Å². The normalized spacial score (nSPS) is 15.6. The van der Waals surface area contributed by atoms with Crippen molar-refractivity contribution in [3.05, 3.63) is 41.2 Å². The molecule has 0 unspecified atom stereocenters. The number of hydrogen-bond acceptors (Lipinski definition) is 7. The fraction of sp³-hybridized carbons (Fsp3) is 0.360. The van der Waals surface area contributed by atoms with E-state index >= 15 is 0 Å². The van der Waals surface area contributed by atoms with Gasteiger partial charge in [0.2, 0.25) is 10.0 Å². The quantitative estimate of drug-likeness (QED) is 0.437. The minimum absolute atomic E-state index is 0.196. The van der Waals surface area contributed by atoms with Crippen LogP contribution in [0.1, 0.15) is 12.8 Å². The summed E-state index contributed by atoms with van der Waals surface area (Å²) in [5.74, 6) is 3.74. The molecule has 1 amide bonds. The van der Waals surface area contributed by atoms with Gasteiger partial charge in [-0.25, -0.2) is 8.42 Å². The standard InChI is InChI=1S/C25H27N3O6S2/c1-5-14-28-22-20(33-3)10-11-21(34-4)23(22)35-25(28)26-24(29)17-12-15-27(16-13-17)36(30,31)19-8-6-18(32-2)7-9-19/h1,6-11,17H,12-16H2,2-4H3. The van der Waals surface area contributed by atoms with E-state index in [-0.39, 0.29) is 36.4 Å². The number of piperidine rings is 1. The summed E-state index contributed by atoms with van der Waals surface area (Å²) in [6, 6.07) is 9.85. The number of amides is 1.